The molecule has 4 heteroatoms. The molecule has 0 aliphatic carbocycles. The Kier molecular flexibility index (Phi) is 2.68. The van der Waals surface area contributed by atoms with E-state index in [1.807, 2.05) is 0 Å². The summed E-state index contributed by atoms with van der Waals surface area (Å²) in [6.07, 6.45) is 0.977. The molecule has 1 unspecified atom stereocenters. The fourth-order valence-corrected chi connectivity index (χ4v) is 1.90. The van der Waals surface area contributed by atoms with Crippen molar-refractivity contribution < 1.29 is 14.3 Å². The second-order valence-electron chi connectivity index (χ2n) is 3.73. The van der Waals surface area contributed by atoms with Crippen molar-refractivity contribution >= 4 is 5.97 Å². The van der Waals surface area contributed by atoms with E-state index in [0.717, 1.165) is 25.1 Å². The normalized spacial score (nSPS) is 20.5. The van der Waals surface area contributed by atoms with Crippen LogP contribution in [0.1, 0.15) is 28.3 Å². The van der Waals surface area contributed by atoms with Crippen LogP contribution >= 0.6 is 0 Å². The summed E-state index contributed by atoms with van der Waals surface area (Å²) in [5, 5.41) is 12.0. The lowest BCUT2D eigenvalue weighted by Gasteiger charge is -2.09. The summed E-state index contributed by atoms with van der Waals surface area (Å²) >= 11 is 0. The molecular formula is C11H12FNO2. The van der Waals surface area contributed by atoms with E-state index in [4.69, 9.17) is 5.11 Å². The van der Waals surface area contributed by atoms with Gasteiger partial charge in [-0.1, -0.05) is 6.07 Å². The zero-order valence-corrected chi connectivity index (χ0v) is 8.16. The Labute approximate surface area is 86.9 Å². The Morgan fingerprint density at radius 1 is 1.53 bits per heavy atom. The fourth-order valence-electron chi connectivity index (χ4n) is 1.90. The smallest absolute Gasteiger partial charge is 0.338 e. The van der Waals surface area contributed by atoms with Crippen LogP contribution in [0.3, 0.4) is 0 Å². The third-order valence-corrected chi connectivity index (χ3v) is 2.75. The summed E-state index contributed by atoms with van der Waals surface area (Å²) in [4.78, 5) is 10.7. The van der Waals surface area contributed by atoms with Crippen molar-refractivity contribution in [1.82, 2.24) is 5.32 Å². The first-order valence-electron chi connectivity index (χ1n) is 4.92. The zero-order chi connectivity index (χ0) is 10.8. The van der Waals surface area contributed by atoms with Crippen molar-refractivity contribution in [1.29, 1.82) is 0 Å². The number of halogens is 1. The Morgan fingerprint density at radius 3 is 2.93 bits per heavy atom. The quantitative estimate of drug-likeness (QED) is 0.777. The third kappa shape index (κ3) is 1.99. The van der Waals surface area contributed by atoms with Gasteiger partial charge in [-0.05, 0) is 36.6 Å². The van der Waals surface area contributed by atoms with Gasteiger partial charge in [0, 0.05) is 6.54 Å². The number of aromatic carboxylic acids is 1. The highest BCUT2D eigenvalue weighted by molar-refractivity contribution is 5.88. The molecule has 1 aliphatic heterocycles. The van der Waals surface area contributed by atoms with E-state index in [1.165, 1.54) is 12.1 Å². The second-order valence-corrected chi connectivity index (χ2v) is 3.73. The zero-order valence-electron chi connectivity index (χ0n) is 8.16. The third-order valence-electron chi connectivity index (χ3n) is 2.75. The van der Waals surface area contributed by atoms with Crippen LogP contribution in [0.25, 0.3) is 0 Å². The maximum Gasteiger partial charge on any atom is 0.338 e. The average molecular weight is 209 g/mol. The Bertz CT molecular complexity index is 386. The lowest BCUT2D eigenvalue weighted by molar-refractivity contribution is 0.0691. The van der Waals surface area contributed by atoms with Crippen molar-refractivity contribution in [3.8, 4) is 0 Å². The van der Waals surface area contributed by atoms with Gasteiger partial charge < -0.3 is 10.4 Å². The van der Waals surface area contributed by atoms with Gasteiger partial charge in [-0.3, -0.25) is 0 Å². The minimum absolute atomic E-state index is 0.237. The molecule has 0 aromatic heterocycles. The molecule has 2 N–H and O–H groups in total. The van der Waals surface area contributed by atoms with Gasteiger partial charge in [0.15, 0.2) is 0 Å². The summed E-state index contributed by atoms with van der Waals surface area (Å²) in [5.41, 5.74) is 0.665. The predicted octanol–water partition coefficient (Wildman–Crippen LogP) is 1.60. The van der Waals surface area contributed by atoms with Crippen LogP contribution in [0.4, 0.5) is 4.39 Å². The van der Waals surface area contributed by atoms with Gasteiger partial charge in [-0.25, -0.2) is 9.18 Å². The first kappa shape index (κ1) is 10.1. The number of hydrogen-bond acceptors (Lipinski definition) is 2. The molecule has 1 aromatic carbocycles. The van der Waals surface area contributed by atoms with Crippen molar-refractivity contribution in [3.05, 3.63) is 35.1 Å². The lowest BCUT2D eigenvalue weighted by atomic mass is 9.96. The minimum atomic E-state index is -1.21. The summed E-state index contributed by atoms with van der Waals surface area (Å²) in [6, 6.07) is 4.34. The lowest BCUT2D eigenvalue weighted by Crippen LogP contribution is -2.09. The molecule has 1 saturated heterocycles. The fraction of sp³-hybridized carbons (Fsp3) is 0.364. The van der Waals surface area contributed by atoms with Gasteiger partial charge in [-0.2, -0.15) is 0 Å². The minimum Gasteiger partial charge on any atom is -0.478 e. The number of carbonyl (C=O) groups is 1. The van der Waals surface area contributed by atoms with E-state index in [2.05, 4.69) is 5.32 Å². The van der Waals surface area contributed by atoms with Gasteiger partial charge in [0.1, 0.15) is 5.82 Å². The Balaban J connectivity index is 2.33. The maximum atomic E-state index is 13.1. The molecule has 0 spiro atoms. The van der Waals surface area contributed by atoms with Gasteiger partial charge in [0.05, 0.1) is 5.56 Å². The SMILES string of the molecule is O=C(O)c1cc(C2CCNC2)ccc1F. The topological polar surface area (TPSA) is 49.3 Å². The molecule has 2 rings (SSSR count). The molecule has 0 amide bonds. The first-order valence-corrected chi connectivity index (χ1v) is 4.92. The van der Waals surface area contributed by atoms with Gasteiger partial charge in [0.25, 0.3) is 0 Å². The molecule has 0 radical (unpaired) electrons. The van der Waals surface area contributed by atoms with Crippen LogP contribution in [0.5, 0.6) is 0 Å². The Hall–Kier alpha value is -1.42. The highest BCUT2D eigenvalue weighted by atomic mass is 19.1. The molecule has 0 saturated carbocycles. The summed E-state index contributed by atoms with van der Waals surface area (Å²) in [6.45, 7) is 1.77. The van der Waals surface area contributed by atoms with Crippen LogP contribution in [0.15, 0.2) is 18.2 Å². The molecule has 1 atom stereocenters. The molecule has 80 valence electrons. The number of carboxylic acids is 1. The molecule has 1 aromatic rings. The van der Waals surface area contributed by atoms with E-state index in [0.29, 0.717) is 5.92 Å². The number of rotatable bonds is 2. The molecule has 1 aliphatic rings. The van der Waals surface area contributed by atoms with E-state index in [-0.39, 0.29) is 5.56 Å². The largest absolute Gasteiger partial charge is 0.478 e. The van der Waals surface area contributed by atoms with Crippen LogP contribution in [0, 0.1) is 5.82 Å². The van der Waals surface area contributed by atoms with Gasteiger partial charge >= 0.3 is 5.97 Å². The molecule has 1 fully saturated rings. The van der Waals surface area contributed by atoms with E-state index in [1.54, 1.807) is 6.07 Å². The van der Waals surface area contributed by atoms with E-state index in [9.17, 15) is 9.18 Å². The summed E-state index contributed by atoms with van der Waals surface area (Å²) < 4.78 is 13.1. The highest BCUT2D eigenvalue weighted by Gasteiger charge is 2.19. The van der Waals surface area contributed by atoms with Crippen LogP contribution in [-0.2, 0) is 0 Å². The van der Waals surface area contributed by atoms with E-state index < -0.39 is 11.8 Å². The van der Waals surface area contributed by atoms with Crippen molar-refractivity contribution in [3.63, 3.8) is 0 Å². The number of carboxylic acid groups (broad SMARTS) is 1. The predicted molar refractivity (Wildman–Crippen MR) is 53.6 cm³/mol. The van der Waals surface area contributed by atoms with Crippen molar-refractivity contribution in [2.45, 2.75) is 12.3 Å². The van der Waals surface area contributed by atoms with Crippen molar-refractivity contribution in [2.75, 3.05) is 13.1 Å². The van der Waals surface area contributed by atoms with Crippen LogP contribution < -0.4 is 5.32 Å². The molecule has 3 nitrogen and oxygen atoms in total. The number of nitrogens with one attached hydrogen (secondary N) is 1. The monoisotopic (exact) mass is 209 g/mol. The average Bonchev–Trinajstić information content (AvgIpc) is 2.71. The molecule has 0 bridgehead atoms. The van der Waals surface area contributed by atoms with Crippen molar-refractivity contribution in [2.24, 2.45) is 0 Å². The first-order chi connectivity index (χ1) is 7.18. The Morgan fingerprint density at radius 2 is 2.33 bits per heavy atom. The van der Waals surface area contributed by atoms with Gasteiger partial charge in [-0.15, -0.1) is 0 Å². The highest BCUT2D eigenvalue weighted by Crippen LogP contribution is 2.24. The van der Waals surface area contributed by atoms with Crippen LogP contribution in [-0.4, -0.2) is 24.2 Å². The summed E-state index contributed by atoms with van der Waals surface area (Å²) in [7, 11) is 0. The number of benzene rings is 1. The standard InChI is InChI=1S/C11H12FNO2/c12-10-2-1-7(5-9(10)11(14)15)8-3-4-13-6-8/h1-2,5,8,13H,3-4,6H2,(H,14,15). The van der Waals surface area contributed by atoms with Crippen LogP contribution in [0.2, 0.25) is 0 Å². The maximum absolute atomic E-state index is 13.1. The summed E-state index contributed by atoms with van der Waals surface area (Å²) in [5.74, 6) is -1.57. The number of hydrogen-bond donors (Lipinski definition) is 2. The second kappa shape index (κ2) is 3.98. The molecular weight excluding hydrogens is 197 g/mol. The van der Waals surface area contributed by atoms with Gasteiger partial charge in [0.2, 0.25) is 0 Å². The molecule has 15 heavy (non-hydrogen) atoms. The van der Waals surface area contributed by atoms with E-state index >= 15 is 0 Å². The molecule has 1 heterocycles.